The van der Waals surface area contributed by atoms with Crippen LogP contribution in [0.1, 0.15) is 36.3 Å². The summed E-state index contributed by atoms with van der Waals surface area (Å²) >= 11 is 0. The summed E-state index contributed by atoms with van der Waals surface area (Å²) in [4.78, 5) is 24.5. The lowest BCUT2D eigenvalue weighted by Crippen LogP contribution is -2.33. The number of carbonyl (C=O) groups is 1. The number of nitrogens with zero attached hydrogens (tertiary/aromatic N) is 3. The molecular formula is C16H20FN5O2. The number of aromatic nitrogens is 3. The van der Waals surface area contributed by atoms with Crippen molar-refractivity contribution in [2.75, 3.05) is 32.8 Å². The Labute approximate surface area is 138 Å². The fourth-order valence-electron chi connectivity index (χ4n) is 3.56. The monoisotopic (exact) mass is 333 g/mol. The smallest absolute Gasteiger partial charge is 0.209 e. The number of rotatable bonds is 3. The molecule has 2 fully saturated rings. The Bertz CT molecular complexity index is 735. The molecule has 24 heavy (non-hydrogen) atoms. The molecule has 0 saturated carbocycles. The maximum Gasteiger partial charge on any atom is 0.209 e. The first-order valence-electron chi connectivity index (χ1n) is 8.32. The van der Waals surface area contributed by atoms with Crippen LogP contribution in [0.25, 0.3) is 11.2 Å². The number of hydrogen-bond donors (Lipinski definition) is 2. The first-order chi connectivity index (χ1) is 11.8. The summed E-state index contributed by atoms with van der Waals surface area (Å²) in [6.07, 6.45) is 3.42. The van der Waals surface area contributed by atoms with Crippen molar-refractivity contribution in [1.82, 2.24) is 25.2 Å². The molecule has 2 aromatic heterocycles. The van der Waals surface area contributed by atoms with E-state index in [0.29, 0.717) is 48.8 Å². The first kappa shape index (κ1) is 15.5. The number of imidazole rings is 1. The Morgan fingerprint density at radius 1 is 1.38 bits per heavy atom. The molecule has 0 spiro atoms. The Kier molecular flexibility index (Phi) is 4.15. The summed E-state index contributed by atoms with van der Waals surface area (Å²) < 4.78 is 20.2. The van der Waals surface area contributed by atoms with Gasteiger partial charge in [-0.25, -0.2) is 14.4 Å². The second kappa shape index (κ2) is 6.45. The van der Waals surface area contributed by atoms with E-state index in [1.54, 1.807) is 4.90 Å². The molecule has 0 aromatic carbocycles. The van der Waals surface area contributed by atoms with Crippen molar-refractivity contribution in [2.45, 2.75) is 24.9 Å². The van der Waals surface area contributed by atoms with Crippen LogP contribution in [0.5, 0.6) is 0 Å². The predicted octanol–water partition coefficient (Wildman–Crippen LogP) is 1.09. The lowest BCUT2D eigenvalue weighted by Gasteiger charge is -2.29. The second-order valence-corrected chi connectivity index (χ2v) is 6.32. The van der Waals surface area contributed by atoms with Gasteiger partial charge in [0.2, 0.25) is 6.41 Å². The minimum Gasteiger partial charge on any atom is -0.368 e. The molecule has 2 saturated heterocycles. The van der Waals surface area contributed by atoms with E-state index in [-0.39, 0.29) is 17.8 Å². The van der Waals surface area contributed by atoms with Crippen LogP contribution >= 0.6 is 0 Å². The van der Waals surface area contributed by atoms with Gasteiger partial charge in [0.1, 0.15) is 17.7 Å². The van der Waals surface area contributed by atoms with E-state index in [2.05, 4.69) is 20.3 Å². The normalized spacial score (nSPS) is 22.9. The van der Waals surface area contributed by atoms with Crippen molar-refractivity contribution >= 4 is 17.6 Å². The molecule has 7 nitrogen and oxygen atoms in total. The minimum absolute atomic E-state index is 0.0606. The number of likely N-dealkylation sites (tertiary alicyclic amines) is 1. The number of fused-ring (bicyclic) bond motifs is 1. The second-order valence-electron chi connectivity index (χ2n) is 6.32. The number of morpholine rings is 1. The van der Waals surface area contributed by atoms with Crippen LogP contribution in [0.4, 0.5) is 4.39 Å². The molecule has 2 aromatic rings. The van der Waals surface area contributed by atoms with Crippen molar-refractivity contribution in [3.8, 4) is 0 Å². The van der Waals surface area contributed by atoms with E-state index in [9.17, 15) is 9.18 Å². The molecule has 4 heterocycles. The number of carbonyl (C=O) groups excluding carboxylic acids is 1. The van der Waals surface area contributed by atoms with Gasteiger partial charge in [-0.15, -0.1) is 0 Å². The van der Waals surface area contributed by atoms with Crippen molar-refractivity contribution in [2.24, 2.45) is 0 Å². The van der Waals surface area contributed by atoms with E-state index in [0.717, 1.165) is 25.8 Å². The van der Waals surface area contributed by atoms with E-state index >= 15 is 0 Å². The van der Waals surface area contributed by atoms with Crippen LogP contribution in [-0.2, 0) is 9.53 Å². The molecule has 0 aliphatic carbocycles. The van der Waals surface area contributed by atoms with Crippen LogP contribution in [0.15, 0.2) is 6.20 Å². The third-order valence-electron chi connectivity index (χ3n) is 4.85. The van der Waals surface area contributed by atoms with Crippen molar-refractivity contribution in [1.29, 1.82) is 0 Å². The Morgan fingerprint density at radius 3 is 2.92 bits per heavy atom. The van der Waals surface area contributed by atoms with Crippen molar-refractivity contribution in [3.05, 3.63) is 23.4 Å². The number of aromatic amines is 1. The summed E-state index contributed by atoms with van der Waals surface area (Å²) in [6.45, 7) is 3.42. The molecule has 1 atom stereocenters. The van der Waals surface area contributed by atoms with E-state index in [4.69, 9.17) is 4.74 Å². The molecule has 2 aliphatic rings. The highest BCUT2D eigenvalue weighted by molar-refractivity contribution is 5.75. The molecular weight excluding hydrogens is 313 g/mol. The predicted molar refractivity (Wildman–Crippen MR) is 85.0 cm³/mol. The van der Waals surface area contributed by atoms with Gasteiger partial charge >= 0.3 is 0 Å². The zero-order valence-corrected chi connectivity index (χ0v) is 13.3. The number of nitrogens with one attached hydrogen (secondary N) is 2. The van der Waals surface area contributed by atoms with Gasteiger partial charge in [-0.3, -0.25) is 4.79 Å². The number of pyridine rings is 1. The highest BCUT2D eigenvalue weighted by atomic mass is 19.1. The summed E-state index contributed by atoms with van der Waals surface area (Å²) in [5, 5.41) is 3.26. The quantitative estimate of drug-likeness (QED) is 0.822. The maximum atomic E-state index is 14.5. The fraction of sp³-hybridized carbons (Fsp3) is 0.562. The van der Waals surface area contributed by atoms with Crippen LogP contribution in [0.2, 0.25) is 0 Å². The third-order valence-corrected chi connectivity index (χ3v) is 4.85. The molecule has 8 heteroatoms. The van der Waals surface area contributed by atoms with E-state index in [1.807, 2.05) is 0 Å². The summed E-state index contributed by atoms with van der Waals surface area (Å²) in [5.74, 6) is 0.428. The molecule has 4 rings (SSSR count). The third kappa shape index (κ3) is 2.76. The Hall–Kier alpha value is -2.06. The molecule has 0 radical (unpaired) electrons. The van der Waals surface area contributed by atoms with Gasteiger partial charge in [0.25, 0.3) is 0 Å². The van der Waals surface area contributed by atoms with Crippen LogP contribution in [0.3, 0.4) is 0 Å². The SMILES string of the molecule is O=CN1CCC(c2c(F)cnc3nc(C4CNCCO4)[nH]c23)CC1. The van der Waals surface area contributed by atoms with Gasteiger partial charge < -0.3 is 19.9 Å². The van der Waals surface area contributed by atoms with Crippen molar-refractivity contribution < 1.29 is 13.9 Å². The van der Waals surface area contributed by atoms with E-state index in [1.165, 1.54) is 6.20 Å². The minimum atomic E-state index is -0.315. The van der Waals surface area contributed by atoms with Gasteiger partial charge in [0.05, 0.1) is 18.3 Å². The molecule has 128 valence electrons. The van der Waals surface area contributed by atoms with Crippen LogP contribution in [0, 0.1) is 5.82 Å². The number of piperidine rings is 1. The highest BCUT2D eigenvalue weighted by Gasteiger charge is 2.27. The molecule has 1 amide bonds. The van der Waals surface area contributed by atoms with Gasteiger partial charge in [-0.2, -0.15) is 0 Å². The molecule has 2 N–H and O–H groups in total. The number of H-pyrrole nitrogens is 1. The molecule has 1 unspecified atom stereocenters. The van der Waals surface area contributed by atoms with E-state index < -0.39 is 0 Å². The highest BCUT2D eigenvalue weighted by Crippen LogP contribution is 2.34. The van der Waals surface area contributed by atoms with Gasteiger partial charge in [0, 0.05) is 31.7 Å². The maximum absolute atomic E-state index is 14.5. The average molecular weight is 333 g/mol. The first-order valence-corrected chi connectivity index (χ1v) is 8.32. The number of hydrogen-bond acceptors (Lipinski definition) is 5. The number of ether oxygens (including phenoxy) is 1. The fourth-order valence-corrected chi connectivity index (χ4v) is 3.56. The molecule has 2 aliphatic heterocycles. The topological polar surface area (TPSA) is 83.1 Å². The van der Waals surface area contributed by atoms with Gasteiger partial charge in [-0.1, -0.05) is 0 Å². The summed E-state index contributed by atoms with van der Waals surface area (Å²) in [7, 11) is 0. The zero-order valence-electron chi connectivity index (χ0n) is 13.3. The Morgan fingerprint density at radius 2 is 2.21 bits per heavy atom. The lowest BCUT2D eigenvalue weighted by molar-refractivity contribution is -0.119. The van der Waals surface area contributed by atoms with Crippen LogP contribution < -0.4 is 5.32 Å². The number of halogens is 1. The van der Waals surface area contributed by atoms with Gasteiger partial charge in [-0.05, 0) is 18.8 Å². The summed E-state index contributed by atoms with van der Waals surface area (Å²) in [5.41, 5.74) is 1.81. The average Bonchev–Trinajstić information content (AvgIpc) is 3.07. The molecule has 0 bridgehead atoms. The largest absolute Gasteiger partial charge is 0.368 e. The lowest BCUT2D eigenvalue weighted by atomic mass is 9.89. The number of amides is 1. The van der Waals surface area contributed by atoms with Crippen molar-refractivity contribution in [3.63, 3.8) is 0 Å². The summed E-state index contributed by atoms with van der Waals surface area (Å²) in [6, 6.07) is 0. The van der Waals surface area contributed by atoms with Gasteiger partial charge in [0.15, 0.2) is 5.65 Å². The standard InChI is InChI=1S/C16H20FN5O2/c17-11-7-19-16-14(13(11)10-1-4-22(9-23)5-2-10)20-15(21-16)12-8-18-3-6-24-12/h7,9-10,12,18H,1-6,8H2,(H,19,20,21). The van der Waals surface area contributed by atoms with Crippen LogP contribution in [-0.4, -0.2) is 59.0 Å². The zero-order chi connectivity index (χ0) is 16.5. The Balaban J connectivity index is 1.68.